The molecule has 1 heterocycles. The number of carbonyl (C=O) groups is 4. The summed E-state index contributed by atoms with van der Waals surface area (Å²) in [4.78, 5) is 51.0. The maximum absolute atomic E-state index is 13.6. The van der Waals surface area contributed by atoms with Crippen molar-refractivity contribution in [2.24, 2.45) is 0 Å². The number of halogens is 2. The molecule has 4 amide bonds. The van der Waals surface area contributed by atoms with E-state index in [1.54, 1.807) is 4.90 Å². The van der Waals surface area contributed by atoms with Gasteiger partial charge in [0.25, 0.3) is 5.91 Å². The van der Waals surface area contributed by atoms with Crippen LogP contribution in [-0.2, 0) is 14.4 Å². The van der Waals surface area contributed by atoms with Gasteiger partial charge in [-0.25, -0.2) is 8.78 Å². The molecule has 29 heavy (non-hydrogen) atoms. The topological polar surface area (TPSA) is 98.8 Å². The molecule has 0 radical (unpaired) electrons. The van der Waals surface area contributed by atoms with Crippen LogP contribution >= 0.6 is 0 Å². The van der Waals surface area contributed by atoms with Crippen LogP contribution in [0.5, 0.6) is 0 Å². The van der Waals surface area contributed by atoms with E-state index in [4.69, 9.17) is 0 Å². The van der Waals surface area contributed by atoms with Gasteiger partial charge in [0, 0.05) is 51.3 Å². The number of rotatable bonds is 5. The summed E-state index contributed by atoms with van der Waals surface area (Å²) in [6.45, 7) is 1.10. The van der Waals surface area contributed by atoms with Crippen LogP contribution in [0.3, 0.4) is 0 Å². The van der Waals surface area contributed by atoms with Crippen molar-refractivity contribution in [1.82, 2.24) is 20.4 Å². The summed E-state index contributed by atoms with van der Waals surface area (Å²) in [6, 6.07) is 2.74. The van der Waals surface area contributed by atoms with E-state index in [0.29, 0.717) is 19.2 Å². The number of amides is 4. The van der Waals surface area contributed by atoms with Gasteiger partial charge in [0.2, 0.25) is 5.91 Å². The normalized spacial score (nSPS) is 16.3. The SMILES string of the molecule is O=C(NC1CC1)C(=O)N1CCN(C(=O)CCNC(=O)c2ccc(F)cc2F)CC1. The third-order valence-corrected chi connectivity index (χ3v) is 4.83. The molecule has 0 bridgehead atoms. The van der Waals surface area contributed by atoms with Crippen LogP contribution < -0.4 is 10.6 Å². The van der Waals surface area contributed by atoms with E-state index >= 15 is 0 Å². The Labute approximate surface area is 166 Å². The highest BCUT2D eigenvalue weighted by atomic mass is 19.1. The number of hydrogen-bond acceptors (Lipinski definition) is 4. The van der Waals surface area contributed by atoms with E-state index in [1.165, 1.54) is 4.90 Å². The van der Waals surface area contributed by atoms with E-state index in [0.717, 1.165) is 25.0 Å². The molecule has 2 N–H and O–H groups in total. The van der Waals surface area contributed by atoms with Crippen LogP contribution in [0.1, 0.15) is 29.6 Å². The van der Waals surface area contributed by atoms with Crippen molar-refractivity contribution < 1.29 is 28.0 Å². The Hall–Kier alpha value is -3.04. The molecule has 0 spiro atoms. The standard InChI is InChI=1S/C19H22F2N4O4/c20-12-1-4-14(15(21)11-12)17(27)22-6-5-16(26)24-7-9-25(10-8-24)19(29)18(28)23-13-2-3-13/h1,4,11,13H,2-3,5-10H2,(H,22,27)(H,23,28). The molecule has 3 rings (SSSR count). The Balaban J connectivity index is 1.38. The van der Waals surface area contributed by atoms with Crippen molar-refractivity contribution in [1.29, 1.82) is 0 Å². The first-order chi connectivity index (χ1) is 13.8. The highest BCUT2D eigenvalue weighted by Crippen LogP contribution is 2.18. The average molecular weight is 408 g/mol. The van der Waals surface area contributed by atoms with Crippen molar-refractivity contribution in [3.8, 4) is 0 Å². The summed E-state index contributed by atoms with van der Waals surface area (Å²) in [5.41, 5.74) is -0.296. The zero-order valence-corrected chi connectivity index (χ0v) is 15.7. The first kappa shape index (κ1) is 20.7. The molecule has 2 aliphatic rings. The lowest BCUT2D eigenvalue weighted by Gasteiger charge is -2.34. The minimum absolute atomic E-state index is 0.00256. The Morgan fingerprint density at radius 2 is 1.66 bits per heavy atom. The van der Waals surface area contributed by atoms with Gasteiger partial charge in [0.05, 0.1) is 5.56 Å². The average Bonchev–Trinajstić information content (AvgIpc) is 3.51. The van der Waals surface area contributed by atoms with E-state index in [9.17, 15) is 28.0 Å². The van der Waals surface area contributed by atoms with Crippen LogP contribution in [0.2, 0.25) is 0 Å². The zero-order valence-electron chi connectivity index (χ0n) is 15.7. The summed E-state index contributed by atoms with van der Waals surface area (Å²) in [5.74, 6) is -3.90. The quantitative estimate of drug-likeness (QED) is 0.672. The fourth-order valence-electron chi connectivity index (χ4n) is 2.99. The van der Waals surface area contributed by atoms with Crippen LogP contribution in [0.25, 0.3) is 0 Å². The number of carbonyl (C=O) groups excluding carboxylic acids is 4. The van der Waals surface area contributed by atoms with Crippen LogP contribution in [0.4, 0.5) is 8.78 Å². The summed E-state index contributed by atoms with van der Waals surface area (Å²) in [7, 11) is 0. The summed E-state index contributed by atoms with van der Waals surface area (Å²) in [6.07, 6.45) is 1.79. The van der Waals surface area contributed by atoms with E-state index in [-0.39, 0.29) is 43.6 Å². The molecule has 1 saturated carbocycles. The van der Waals surface area contributed by atoms with Gasteiger partial charge in [0.15, 0.2) is 0 Å². The number of nitrogens with one attached hydrogen (secondary N) is 2. The molecule has 10 heteroatoms. The Bertz CT molecular complexity index is 820. The Morgan fingerprint density at radius 1 is 1.00 bits per heavy atom. The fraction of sp³-hybridized carbons (Fsp3) is 0.474. The van der Waals surface area contributed by atoms with Gasteiger partial charge in [-0.05, 0) is 25.0 Å². The Kier molecular flexibility index (Phi) is 6.40. The van der Waals surface area contributed by atoms with Crippen LogP contribution in [-0.4, -0.2) is 72.2 Å². The first-order valence-corrected chi connectivity index (χ1v) is 9.46. The van der Waals surface area contributed by atoms with Gasteiger partial charge in [0.1, 0.15) is 11.6 Å². The molecule has 1 aromatic rings. The molecule has 156 valence electrons. The summed E-state index contributed by atoms with van der Waals surface area (Å²) < 4.78 is 26.5. The molecule has 8 nitrogen and oxygen atoms in total. The second kappa shape index (κ2) is 8.97. The monoisotopic (exact) mass is 408 g/mol. The van der Waals surface area contributed by atoms with Crippen molar-refractivity contribution >= 4 is 23.6 Å². The van der Waals surface area contributed by atoms with E-state index in [1.807, 2.05) is 0 Å². The largest absolute Gasteiger partial charge is 0.351 e. The number of nitrogens with zero attached hydrogens (tertiary/aromatic N) is 2. The molecule has 1 saturated heterocycles. The molecular formula is C19H22F2N4O4. The predicted molar refractivity (Wildman–Crippen MR) is 97.6 cm³/mol. The Morgan fingerprint density at radius 3 is 2.28 bits per heavy atom. The first-order valence-electron chi connectivity index (χ1n) is 9.46. The minimum Gasteiger partial charge on any atom is -0.351 e. The van der Waals surface area contributed by atoms with Crippen molar-refractivity contribution in [3.63, 3.8) is 0 Å². The summed E-state index contributed by atoms with van der Waals surface area (Å²) in [5, 5.41) is 5.07. The molecule has 1 aromatic carbocycles. The van der Waals surface area contributed by atoms with Gasteiger partial charge < -0.3 is 20.4 Å². The zero-order chi connectivity index (χ0) is 21.0. The third kappa shape index (κ3) is 5.49. The maximum atomic E-state index is 13.6. The highest BCUT2D eigenvalue weighted by Gasteiger charge is 2.31. The van der Waals surface area contributed by atoms with Gasteiger partial charge >= 0.3 is 11.8 Å². The predicted octanol–water partition coefficient (Wildman–Crippen LogP) is 0.0341. The van der Waals surface area contributed by atoms with Gasteiger partial charge in [-0.15, -0.1) is 0 Å². The smallest absolute Gasteiger partial charge is 0.312 e. The van der Waals surface area contributed by atoms with Crippen molar-refractivity contribution in [3.05, 3.63) is 35.4 Å². The van der Waals surface area contributed by atoms with Crippen molar-refractivity contribution in [2.75, 3.05) is 32.7 Å². The lowest BCUT2D eigenvalue weighted by molar-refractivity contribution is -0.148. The van der Waals surface area contributed by atoms with Crippen LogP contribution in [0.15, 0.2) is 18.2 Å². The minimum atomic E-state index is -0.972. The lowest BCUT2D eigenvalue weighted by Crippen LogP contribution is -2.54. The lowest BCUT2D eigenvalue weighted by atomic mass is 10.2. The molecule has 1 aliphatic heterocycles. The fourth-order valence-corrected chi connectivity index (χ4v) is 2.99. The van der Waals surface area contributed by atoms with E-state index < -0.39 is 29.4 Å². The maximum Gasteiger partial charge on any atom is 0.312 e. The second-order valence-electron chi connectivity index (χ2n) is 7.05. The number of hydrogen-bond donors (Lipinski definition) is 2. The molecule has 0 atom stereocenters. The highest BCUT2D eigenvalue weighted by molar-refractivity contribution is 6.35. The molecule has 0 unspecified atom stereocenters. The van der Waals surface area contributed by atoms with Gasteiger partial charge in [-0.3, -0.25) is 19.2 Å². The summed E-state index contributed by atoms with van der Waals surface area (Å²) >= 11 is 0. The number of benzene rings is 1. The van der Waals surface area contributed by atoms with Gasteiger partial charge in [-0.2, -0.15) is 0 Å². The van der Waals surface area contributed by atoms with E-state index in [2.05, 4.69) is 10.6 Å². The molecular weight excluding hydrogens is 386 g/mol. The molecule has 0 aromatic heterocycles. The molecule has 1 aliphatic carbocycles. The second-order valence-corrected chi connectivity index (χ2v) is 7.05. The third-order valence-electron chi connectivity index (χ3n) is 4.83. The van der Waals surface area contributed by atoms with Crippen molar-refractivity contribution in [2.45, 2.75) is 25.3 Å². The van der Waals surface area contributed by atoms with Crippen LogP contribution in [0, 0.1) is 11.6 Å². The molecule has 2 fully saturated rings. The van der Waals surface area contributed by atoms with Gasteiger partial charge in [-0.1, -0.05) is 0 Å². The number of piperazine rings is 1.